The minimum Gasteiger partial charge on any atom is -0.432 e. The summed E-state index contributed by atoms with van der Waals surface area (Å²) in [5.74, 6) is 1.00. The Kier molecular flexibility index (Phi) is 7.68. The predicted molar refractivity (Wildman–Crippen MR) is 136 cm³/mol. The first-order valence-corrected chi connectivity index (χ1v) is 17.0. The zero-order valence-corrected chi connectivity index (χ0v) is 22.7. The van der Waals surface area contributed by atoms with Gasteiger partial charge in [-0.3, -0.25) is 0 Å². The van der Waals surface area contributed by atoms with Crippen LogP contribution in [0.3, 0.4) is 0 Å². The van der Waals surface area contributed by atoms with E-state index in [4.69, 9.17) is 0 Å². The van der Waals surface area contributed by atoms with Crippen molar-refractivity contribution in [1.82, 2.24) is 9.44 Å². The van der Waals surface area contributed by atoms with Crippen molar-refractivity contribution in [2.45, 2.75) is 96.7 Å². The van der Waals surface area contributed by atoms with Gasteiger partial charge in [-0.25, -0.2) is 9.44 Å². The molecule has 2 aliphatic rings. The lowest BCUT2D eigenvalue weighted by atomic mass is 9.50. The van der Waals surface area contributed by atoms with Gasteiger partial charge in [0.25, 0.3) is 10.2 Å². The van der Waals surface area contributed by atoms with E-state index in [-0.39, 0.29) is 10.8 Å². The van der Waals surface area contributed by atoms with Crippen molar-refractivity contribution >= 4 is 18.5 Å². The molecule has 0 radical (unpaired) electrons. The lowest BCUT2D eigenvalue weighted by molar-refractivity contribution is 0.0298. The fourth-order valence-electron chi connectivity index (χ4n) is 6.25. The summed E-state index contributed by atoms with van der Waals surface area (Å²) in [6.07, 6.45) is 6.22. The maximum Gasteiger partial charge on any atom is 0.276 e. The first-order valence-electron chi connectivity index (χ1n) is 12.4. The molecule has 3 rings (SSSR count). The second kappa shape index (κ2) is 9.49. The third-order valence-electron chi connectivity index (χ3n) is 8.09. The van der Waals surface area contributed by atoms with Crippen LogP contribution in [0.5, 0.6) is 0 Å². The van der Waals surface area contributed by atoms with Crippen LogP contribution in [0.4, 0.5) is 0 Å². The topological polar surface area (TPSA) is 78.4 Å². The Morgan fingerprint density at radius 1 is 1.19 bits per heavy atom. The second-order valence-electron chi connectivity index (χ2n) is 11.7. The van der Waals surface area contributed by atoms with Crippen LogP contribution in [0.15, 0.2) is 18.2 Å². The Morgan fingerprint density at radius 3 is 2.56 bits per heavy atom. The zero-order chi connectivity index (χ0) is 23.8. The van der Waals surface area contributed by atoms with Crippen molar-refractivity contribution in [3.05, 3.63) is 34.9 Å². The van der Waals surface area contributed by atoms with Crippen LogP contribution in [0.2, 0.25) is 19.1 Å². The predicted octanol–water partition coefficient (Wildman–Crippen LogP) is 4.83. The van der Waals surface area contributed by atoms with Crippen LogP contribution in [0.1, 0.15) is 82.4 Å². The average Bonchev–Trinajstić information content (AvgIpc) is 2.69. The highest BCUT2D eigenvalue weighted by Crippen LogP contribution is 2.57. The number of fused-ring (bicyclic) bond motifs is 3. The standard InChI is InChI=1S/C25H44N2O3SSi/c1-19(2)20-9-11-22-21(17-20)10-12-23-24(3,13-7-14-25(22,23)4)18-27-31(28,29)26-15-8-16-32(5,6)30/h9,11,17,19,23,26-27,30H,7-8,10,12-16,18H2,1-6H3. The lowest BCUT2D eigenvalue weighted by Gasteiger charge is -2.55. The first-order chi connectivity index (χ1) is 14.8. The summed E-state index contributed by atoms with van der Waals surface area (Å²) in [4.78, 5) is 9.95. The third kappa shape index (κ3) is 5.84. The molecule has 5 nitrogen and oxygen atoms in total. The van der Waals surface area contributed by atoms with E-state index >= 15 is 0 Å². The molecule has 1 fully saturated rings. The van der Waals surface area contributed by atoms with E-state index in [1.54, 1.807) is 0 Å². The van der Waals surface area contributed by atoms with E-state index in [0.717, 1.165) is 25.7 Å². The van der Waals surface area contributed by atoms with Crippen molar-refractivity contribution in [3.8, 4) is 0 Å². The molecular weight excluding hydrogens is 436 g/mol. The summed E-state index contributed by atoms with van der Waals surface area (Å²) in [5.41, 5.74) is 4.44. The van der Waals surface area contributed by atoms with Gasteiger partial charge in [0.1, 0.15) is 0 Å². The maximum absolute atomic E-state index is 12.6. The van der Waals surface area contributed by atoms with Crippen molar-refractivity contribution in [1.29, 1.82) is 0 Å². The van der Waals surface area contributed by atoms with Gasteiger partial charge in [0.15, 0.2) is 8.32 Å². The Hall–Kier alpha value is -0.733. The SMILES string of the molecule is CC(C)c1ccc2c(c1)CCC1C(C)(CNS(=O)(=O)NCCC[Si](C)(C)O)CCCC21C. The van der Waals surface area contributed by atoms with Gasteiger partial charge in [-0.2, -0.15) is 8.42 Å². The van der Waals surface area contributed by atoms with Crippen molar-refractivity contribution in [2.24, 2.45) is 11.3 Å². The Bertz CT molecular complexity index is 912. The summed E-state index contributed by atoms with van der Waals surface area (Å²) in [5, 5.41) is 0. The van der Waals surface area contributed by atoms with E-state index in [1.165, 1.54) is 23.1 Å². The number of nitrogens with one attached hydrogen (secondary N) is 2. The highest BCUT2D eigenvalue weighted by molar-refractivity contribution is 7.87. The third-order valence-corrected chi connectivity index (χ3v) is 10.8. The number of benzene rings is 1. The van der Waals surface area contributed by atoms with E-state index in [1.807, 2.05) is 13.1 Å². The smallest absolute Gasteiger partial charge is 0.276 e. The molecule has 1 aromatic carbocycles. The largest absolute Gasteiger partial charge is 0.432 e. The molecule has 0 spiro atoms. The lowest BCUT2D eigenvalue weighted by Crippen LogP contribution is -2.54. The average molecular weight is 481 g/mol. The van der Waals surface area contributed by atoms with Gasteiger partial charge < -0.3 is 4.80 Å². The molecule has 3 atom stereocenters. The monoisotopic (exact) mass is 480 g/mol. The Balaban J connectivity index is 1.69. The summed E-state index contributed by atoms with van der Waals surface area (Å²) >= 11 is 0. The number of hydrogen-bond acceptors (Lipinski definition) is 3. The van der Waals surface area contributed by atoms with Gasteiger partial charge in [0.2, 0.25) is 0 Å². The minimum atomic E-state index is -3.54. The van der Waals surface area contributed by atoms with Crippen LogP contribution in [-0.2, 0) is 22.0 Å². The normalized spacial score (nSPS) is 28.4. The molecule has 182 valence electrons. The van der Waals surface area contributed by atoms with Gasteiger partial charge >= 0.3 is 0 Å². The molecule has 3 N–H and O–H groups in total. The molecule has 0 heterocycles. The molecular formula is C25H44N2O3SSi. The van der Waals surface area contributed by atoms with Crippen LogP contribution >= 0.6 is 0 Å². The summed E-state index contributed by atoms with van der Waals surface area (Å²) in [6, 6.07) is 7.77. The molecule has 1 saturated carbocycles. The van der Waals surface area contributed by atoms with Crippen molar-refractivity contribution in [3.63, 3.8) is 0 Å². The van der Waals surface area contributed by atoms with Crippen LogP contribution < -0.4 is 9.44 Å². The van der Waals surface area contributed by atoms with Gasteiger partial charge in [-0.1, -0.05) is 52.3 Å². The first kappa shape index (κ1) is 25.9. The van der Waals surface area contributed by atoms with Crippen LogP contribution in [-0.4, -0.2) is 34.6 Å². The number of aryl methyl sites for hydroxylation is 1. The fourth-order valence-corrected chi connectivity index (χ4v) is 8.33. The number of hydrogen-bond donors (Lipinski definition) is 3. The number of rotatable bonds is 9. The molecule has 0 amide bonds. The van der Waals surface area contributed by atoms with Gasteiger partial charge in [0.05, 0.1) is 0 Å². The molecule has 0 aliphatic heterocycles. The van der Waals surface area contributed by atoms with E-state index in [0.29, 0.717) is 37.4 Å². The highest BCUT2D eigenvalue weighted by atomic mass is 32.2. The van der Waals surface area contributed by atoms with Crippen LogP contribution in [0, 0.1) is 11.3 Å². The maximum atomic E-state index is 12.6. The summed E-state index contributed by atoms with van der Waals surface area (Å²) < 4.78 is 30.8. The van der Waals surface area contributed by atoms with E-state index in [2.05, 4.69) is 55.3 Å². The molecule has 0 saturated heterocycles. The highest BCUT2D eigenvalue weighted by Gasteiger charge is 2.51. The summed E-state index contributed by atoms with van der Waals surface area (Å²) in [7, 11) is -5.67. The molecule has 0 bridgehead atoms. The van der Waals surface area contributed by atoms with E-state index in [9.17, 15) is 13.2 Å². The second-order valence-corrected chi connectivity index (χ2v) is 17.4. The summed E-state index contributed by atoms with van der Waals surface area (Å²) in [6.45, 7) is 13.8. The van der Waals surface area contributed by atoms with Gasteiger partial charge in [0, 0.05) is 13.1 Å². The molecule has 7 heteroatoms. The molecule has 1 aromatic rings. The van der Waals surface area contributed by atoms with Crippen molar-refractivity contribution in [2.75, 3.05) is 13.1 Å². The molecule has 0 aromatic heterocycles. The Morgan fingerprint density at radius 2 is 1.91 bits per heavy atom. The van der Waals surface area contributed by atoms with E-state index < -0.39 is 18.5 Å². The van der Waals surface area contributed by atoms with Gasteiger partial charge in [-0.15, -0.1) is 0 Å². The zero-order valence-electron chi connectivity index (χ0n) is 20.9. The van der Waals surface area contributed by atoms with Crippen LogP contribution in [0.25, 0.3) is 0 Å². The molecule has 2 aliphatic carbocycles. The molecule has 3 unspecified atom stereocenters. The Labute approximate surface area is 197 Å². The van der Waals surface area contributed by atoms with Crippen molar-refractivity contribution < 1.29 is 13.2 Å². The minimum absolute atomic E-state index is 0.0594. The van der Waals surface area contributed by atoms with Gasteiger partial charge in [-0.05, 0) is 90.6 Å². The molecule has 32 heavy (non-hydrogen) atoms. The quantitative estimate of drug-likeness (QED) is 0.350. The fraction of sp³-hybridized carbons (Fsp3) is 0.760.